The minimum absolute atomic E-state index is 0.133. The van der Waals surface area contributed by atoms with E-state index >= 15 is 0 Å². The molecule has 0 spiro atoms. The van der Waals surface area contributed by atoms with E-state index in [4.69, 9.17) is 0 Å². The molecule has 0 heterocycles. The second kappa shape index (κ2) is 5.36. The summed E-state index contributed by atoms with van der Waals surface area (Å²) < 4.78 is 0. The Hall–Kier alpha value is -2.29. The predicted molar refractivity (Wildman–Crippen MR) is 68.7 cm³/mol. The summed E-state index contributed by atoms with van der Waals surface area (Å²) in [6, 6.07) is 13.5. The van der Waals surface area contributed by atoms with Gasteiger partial charge in [-0.2, -0.15) is 0 Å². The number of aromatic hydroxyl groups is 2. The highest BCUT2D eigenvalue weighted by Crippen LogP contribution is 2.27. The minimum atomic E-state index is -0.379. The Balaban J connectivity index is 2.22. The standard InChI is InChI=1S/C15H14O3/c16-10-12(14-3-1-2-4-15(14)18)9-11-5-7-13(17)8-6-11/h1-8,10,12,17-18H,9H2. The first kappa shape index (κ1) is 12.2. The molecule has 1 unspecified atom stereocenters. The lowest BCUT2D eigenvalue weighted by Crippen LogP contribution is -2.04. The number of phenolic OH excluding ortho intramolecular Hbond substituents is 2. The number of carbonyl (C=O) groups is 1. The number of carbonyl (C=O) groups excluding carboxylic acids is 1. The molecule has 2 rings (SSSR count). The highest BCUT2D eigenvalue weighted by molar-refractivity contribution is 5.65. The van der Waals surface area contributed by atoms with Crippen molar-refractivity contribution in [2.75, 3.05) is 0 Å². The molecule has 0 saturated heterocycles. The maximum absolute atomic E-state index is 11.2. The van der Waals surface area contributed by atoms with Crippen molar-refractivity contribution in [3.8, 4) is 11.5 Å². The normalized spacial score (nSPS) is 12.0. The topological polar surface area (TPSA) is 57.5 Å². The number of rotatable bonds is 4. The van der Waals surface area contributed by atoms with Crippen molar-refractivity contribution < 1.29 is 15.0 Å². The van der Waals surface area contributed by atoms with Gasteiger partial charge in [0.25, 0.3) is 0 Å². The molecule has 0 bridgehead atoms. The SMILES string of the molecule is O=CC(Cc1ccc(O)cc1)c1ccccc1O. The number of para-hydroxylation sites is 1. The fourth-order valence-electron chi connectivity index (χ4n) is 1.92. The first-order valence-corrected chi connectivity index (χ1v) is 5.72. The summed E-state index contributed by atoms with van der Waals surface area (Å²) >= 11 is 0. The summed E-state index contributed by atoms with van der Waals surface area (Å²) in [7, 11) is 0. The molecule has 2 aromatic carbocycles. The van der Waals surface area contributed by atoms with Crippen molar-refractivity contribution in [2.45, 2.75) is 12.3 Å². The second-order valence-corrected chi connectivity index (χ2v) is 4.17. The fraction of sp³-hybridized carbons (Fsp3) is 0.133. The van der Waals surface area contributed by atoms with Crippen LogP contribution in [0.3, 0.4) is 0 Å². The third kappa shape index (κ3) is 2.69. The lowest BCUT2D eigenvalue weighted by atomic mass is 9.92. The molecule has 0 amide bonds. The highest BCUT2D eigenvalue weighted by Gasteiger charge is 2.14. The molecule has 0 fully saturated rings. The van der Waals surface area contributed by atoms with Gasteiger partial charge in [0.1, 0.15) is 17.8 Å². The highest BCUT2D eigenvalue weighted by atomic mass is 16.3. The maximum Gasteiger partial charge on any atom is 0.127 e. The van der Waals surface area contributed by atoms with Crippen molar-refractivity contribution in [2.24, 2.45) is 0 Å². The van der Waals surface area contributed by atoms with Crippen LogP contribution in [0.1, 0.15) is 17.0 Å². The van der Waals surface area contributed by atoms with Gasteiger partial charge >= 0.3 is 0 Å². The van der Waals surface area contributed by atoms with Gasteiger partial charge in [-0.25, -0.2) is 0 Å². The Bertz CT molecular complexity index is 532. The zero-order chi connectivity index (χ0) is 13.0. The third-order valence-corrected chi connectivity index (χ3v) is 2.89. The molecule has 2 N–H and O–H groups in total. The van der Waals surface area contributed by atoms with E-state index in [1.165, 1.54) is 0 Å². The summed E-state index contributed by atoms with van der Waals surface area (Å²) in [4.78, 5) is 11.2. The smallest absolute Gasteiger partial charge is 0.127 e. The molecule has 0 aliphatic heterocycles. The van der Waals surface area contributed by atoms with E-state index in [1.807, 2.05) is 0 Å². The Morgan fingerprint density at radius 1 is 1.00 bits per heavy atom. The molecule has 92 valence electrons. The van der Waals surface area contributed by atoms with Gasteiger partial charge in [0.05, 0.1) is 0 Å². The van der Waals surface area contributed by atoms with Crippen LogP contribution in [-0.2, 0) is 11.2 Å². The lowest BCUT2D eigenvalue weighted by molar-refractivity contribution is -0.109. The molecule has 0 saturated carbocycles. The molecule has 0 aliphatic carbocycles. The Morgan fingerprint density at radius 2 is 1.67 bits per heavy atom. The molecule has 0 aromatic heterocycles. The van der Waals surface area contributed by atoms with Crippen molar-refractivity contribution >= 4 is 6.29 Å². The summed E-state index contributed by atoms with van der Waals surface area (Å²) in [6.45, 7) is 0. The summed E-state index contributed by atoms with van der Waals surface area (Å²) in [5, 5.41) is 18.9. The molecule has 3 heteroatoms. The van der Waals surface area contributed by atoms with E-state index < -0.39 is 0 Å². The third-order valence-electron chi connectivity index (χ3n) is 2.89. The molecule has 18 heavy (non-hydrogen) atoms. The van der Waals surface area contributed by atoms with E-state index in [2.05, 4.69) is 0 Å². The van der Waals surface area contributed by atoms with Gasteiger partial charge in [-0.05, 0) is 30.2 Å². The van der Waals surface area contributed by atoms with Crippen LogP contribution < -0.4 is 0 Å². The molecule has 2 aromatic rings. The van der Waals surface area contributed by atoms with E-state index in [0.717, 1.165) is 11.8 Å². The Morgan fingerprint density at radius 3 is 2.28 bits per heavy atom. The maximum atomic E-state index is 11.2. The molecule has 1 atom stereocenters. The fourth-order valence-corrected chi connectivity index (χ4v) is 1.92. The Labute approximate surface area is 105 Å². The summed E-state index contributed by atoms with van der Waals surface area (Å²) in [6.07, 6.45) is 1.34. The van der Waals surface area contributed by atoms with Crippen LogP contribution in [0.15, 0.2) is 48.5 Å². The quantitative estimate of drug-likeness (QED) is 0.810. The summed E-state index contributed by atoms with van der Waals surface area (Å²) in [5.74, 6) is -0.0481. The van der Waals surface area contributed by atoms with Crippen LogP contribution >= 0.6 is 0 Å². The second-order valence-electron chi connectivity index (χ2n) is 4.17. The van der Waals surface area contributed by atoms with E-state index in [1.54, 1.807) is 48.5 Å². The van der Waals surface area contributed by atoms with E-state index in [-0.39, 0.29) is 17.4 Å². The van der Waals surface area contributed by atoms with Gasteiger partial charge in [-0.1, -0.05) is 30.3 Å². The van der Waals surface area contributed by atoms with Gasteiger partial charge in [0, 0.05) is 11.5 Å². The van der Waals surface area contributed by atoms with Gasteiger partial charge in [-0.3, -0.25) is 0 Å². The zero-order valence-electron chi connectivity index (χ0n) is 9.78. The predicted octanol–water partition coefficient (Wildman–Crippen LogP) is 2.62. The average Bonchev–Trinajstić information content (AvgIpc) is 2.39. The Kier molecular flexibility index (Phi) is 3.63. The molecule has 3 nitrogen and oxygen atoms in total. The number of benzene rings is 2. The zero-order valence-corrected chi connectivity index (χ0v) is 9.78. The van der Waals surface area contributed by atoms with Gasteiger partial charge in [-0.15, -0.1) is 0 Å². The van der Waals surface area contributed by atoms with Crippen LogP contribution in [0, 0.1) is 0 Å². The van der Waals surface area contributed by atoms with E-state index in [0.29, 0.717) is 12.0 Å². The molecular weight excluding hydrogens is 228 g/mol. The van der Waals surface area contributed by atoms with Crippen LogP contribution in [0.4, 0.5) is 0 Å². The van der Waals surface area contributed by atoms with Gasteiger partial charge in [0.15, 0.2) is 0 Å². The number of phenols is 2. The van der Waals surface area contributed by atoms with Crippen LogP contribution in [-0.4, -0.2) is 16.5 Å². The van der Waals surface area contributed by atoms with Crippen LogP contribution in [0.25, 0.3) is 0 Å². The van der Waals surface area contributed by atoms with E-state index in [9.17, 15) is 15.0 Å². The van der Waals surface area contributed by atoms with Crippen molar-refractivity contribution in [3.05, 3.63) is 59.7 Å². The van der Waals surface area contributed by atoms with Crippen molar-refractivity contribution in [3.63, 3.8) is 0 Å². The number of hydrogen-bond donors (Lipinski definition) is 2. The minimum Gasteiger partial charge on any atom is -0.508 e. The van der Waals surface area contributed by atoms with Gasteiger partial charge in [0.2, 0.25) is 0 Å². The average molecular weight is 242 g/mol. The molecule has 0 aliphatic rings. The monoisotopic (exact) mass is 242 g/mol. The lowest BCUT2D eigenvalue weighted by Gasteiger charge is -2.12. The number of aldehydes is 1. The van der Waals surface area contributed by atoms with Gasteiger partial charge < -0.3 is 15.0 Å². The van der Waals surface area contributed by atoms with Crippen LogP contribution in [0.2, 0.25) is 0 Å². The first-order chi connectivity index (χ1) is 8.70. The first-order valence-electron chi connectivity index (χ1n) is 5.72. The largest absolute Gasteiger partial charge is 0.508 e. The van der Waals surface area contributed by atoms with Crippen molar-refractivity contribution in [1.29, 1.82) is 0 Å². The molecular formula is C15H14O3. The molecule has 0 radical (unpaired) electrons. The van der Waals surface area contributed by atoms with Crippen molar-refractivity contribution in [1.82, 2.24) is 0 Å². The summed E-state index contributed by atoms with van der Waals surface area (Å²) in [5.41, 5.74) is 1.56. The van der Waals surface area contributed by atoms with Crippen LogP contribution in [0.5, 0.6) is 11.5 Å². The number of hydrogen-bond acceptors (Lipinski definition) is 3.